The Kier molecular flexibility index (Phi) is 13.7. The zero-order valence-electron chi connectivity index (χ0n) is 30.9. The lowest BCUT2D eigenvalue weighted by atomic mass is 9.76. The molecule has 11 heteroatoms. The number of ketones is 1. The third-order valence-electron chi connectivity index (χ3n) is 8.87. The summed E-state index contributed by atoms with van der Waals surface area (Å²) in [6.07, 6.45) is -1.09. The smallest absolute Gasteiger partial charge is 0.338 e. The van der Waals surface area contributed by atoms with Crippen molar-refractivity contribution in [2.24, 2.45) is 0 Å². The Hall–Kier alpha value is -5.07. The third-order valence-corrected chi connectivity index (χ3v) is 8.87. The number of benzene rings is 4. The minimum absolute atomic E-state index is 0.171. The average Bonchev–Trinajstić information content (AvgIpc) is 3.56. The number of carbonyl (C=O) groups is 3. The van der Waals surface area contributed by atoms with Crippen molar-refractivity contribution < 1.29 is 42.8 Å². The maximum Gasteiger partial charge on any atom is 0.338 e. The summed E-state index contributed by atoms with van der Waals surface area (Å²) in [6.45, 7) is 11.9. The number of nitrogen functional groups attached to an aromatic ring is 1. The van der Waals surface area contributed by atoms with Gasteiger partial charge in [0, 0.05) is 54.5 Å². The van der Waals surface area contributed by atoms with E-state index in [2.05, 4.69) is 5.32 Å². The Morgan fingerprint density at radius 3 is 1.91 bits per heavy atom. The normalized spacial score (nSPS) is 16.0. The van der Waals surface area contributed by atoms with Crippen LogP contribution in [0.2, 0.25) is 0 Å². The van der Waals surface area contributed by atoms with Crippen molar-refractivity contribution in [3.63, 3.8) is 0 Å². The molecule has 0 radical (unpaired) electrons. The second-order valence-corrected chi connectivity index (χ2v) is 12.2. The van der Waals surface area contributed by atoms with Gasteiger partial charge in [0.2, 0.25) is 0 Å². The predicted octanol–water partition coefficient (Wildman–Crippen LogP) is 8.08. The van der Waals surface area contributed by atoms with Crippen LogP contribution in [0.5, 0.6) is 0 Å². The number of hydrogen-bond donors (Lipinski definition) is 2. The van der Waals surface area contributed by atoms with E-state index in [1.54, 1.807) is 37.3 Å². The molecule has 2 aliphatic heterocycles. The summed E-state index contributed by atoms with van der Waals surface area (Å²) >= 11 is 0. The van der Waals surface area contributed by atoms with Gasteiger partial charge in [0.25, 0.3) is 0 Å². The molecule has 2 atom stereocenters. The van der Waals surface area contributed by atoms with E-state index in [0.717, 1.165) is 27.8 Å². The van der Waals surface area contributed by atoms with Gasteiger partial charge in [0.05, 0.1) is 35.3 Å². The molecule has 2 heterocycles. The molecule has 53 heavy (non-hydrogen) atoms. The van der Waals surface area contributed by atoms with E-state index in [1.165, 1.54) is 0 Å². The largest absolute Gasteiger partial charge is 0.462 e. The molecule has 0 aliphatic carbocycles. The van der Waals surface area contributed by atoms with Gasteiger partial charge in [0.1, 0.15) is 6.61 Å². The van der Waals surface area contributed by atoms with Crippen molar-refractivity contribution in [3.8, 4) is 0 Å². The van der Waals surface area contributed by atoms with Gasteiger partial charge < -0.3 is 39.5 Å². The highest BCUT2D eigenvalue weighted by Gasteiger charge is 2.40. The monoisotopic (exact) mass is 724 g/mol. The average molecular weight is 725 g/mol. The lowest BCUT2D eigenvalue weighted by Crippen LogP contribution is -2.33. The molecule has 0 fully saturated rings. The molecule has 0 bridgehead atoms. The van der Waals surface area contributed by atoms with E-state index in [-0.39, 0.29) is 23.9 Å². The minimum atomic E-state index is -0.662. The number of cyclic esters (lactones) is 1. The molecule has 4 aromatic rings. The molecule has 3 N–H and O–H groups in total. The Labute approximate surface area is 310 Å². The summed E-state index contributed by atoms with van der Waals surface area (Å²) in [6, 6.07) is 25.6. The highest BCUT2D eigenvalue weighted by molar-refractivity contribution is 6.14. The maximum absolute atomic E-state index is 14.5. The SMILES string of the molecule is CCOC(=O)c1cccc2c1C(=O)C(c1cccc(C(OCC)OCC)c1)C(c1cccc(C(OCC)OCC)c1)N2.Nc1cccc2c1COC2=O. The van der Waals surface area contributed by atoms with Gasteiger partial charge in [-0.25, -0.2) is 9.59 Å². The molecule has 0 spiro atoms. The second-order valence-electron chi connectivity index (χ2n) is 12.2. The number of nitrogens with one attached hydrogen (secondary N) is 1. The molecule has 0 saturated carbocycles. The van der Waals surface area contributed by atoms with Gasteiger partial charge >= 0.3 is 11.9 Å². The van der Waals surface area contributed by atoms with Crippen LogP contribution in [0.4, 0.5) is 11.4 Å². The first-order valence-corrected chi connectivity index (χ1v) is 18.1. The van der Waals surface area contributed by atoms with Crippen molar-refractivity contribution in [2.75, 3.05) is 44.1 Å². The van der Waals surface area contributed by atoms with E-state index in [9.17, 15) is 14.4 Å². The maximum atomic E-state index is 14.5. The van der Waals surface area contributed by atoms with E-state index >= 15 is 0 Å². The summed E-state index contributed by atoms with van der Waals surface area (Å²) in [5.74, 6) is -1.63. The van der Waals surface area contributed by atoms with Crippen LogP contribution < -0.4 is 11.1 Å². The molecule has 2 unspecified atom stereocenters. The second kappa shape index (κ2) is 18.6. The number of carbonyl (C=O) groups excluding carboxylic acids is 3. The molecule has 2 aliphatic rings. The summed E-state index contributed by atoms with van der Waals surface area (Å²) in [7, 11) is 0. The Morgan fingerprint density at radius 1 is 0.755 bits per heavy atom. The Balaban J connectivity index is 0.000000416. The molecule has 0 aromatic heterocycles. The fourth-order valence-corrected chi connectivity index (χ4v) is 6.55. The Bertz CT molecular complexity index is 1880. The van der Waals surface area contributed by atoms with Gasteiger partial charge in [-0.15, -0.1) is 0 Å². The van der Waals surface area contributed by atoms with E-state index in [4.69, 9.17) is 34.2 Å². The van der Waals surface area contributed by atoms with Crippen LogP contribution in [0.25, 0.3) is 0 Å². The topological polar surface area (TPSA) is 145 Å². The fourth-order valence-electron chi connectivity index (χ4n) is 6.55. The number of anilines is 2. The molecule has 4 aromatic carbocycles. The van der Waals surface area contributed by atoms with Crippen LogP contribution in [0, 0.1) is 0 Å². The van der Waals surface area contributed by atoms with Crippen molar-refractivity contribution in [2.45, 2.75) is 65.8 Å². The lowest BCUT2D eigenvalue weighted by Gasteiger charge is -2.35. The minimum Gasteiger partial charge on any atom is -0.462 e. The number of Topliss-reactive ketones (excluding diaryl/α,β-unsaturated/α-hetero) is 1. The summed E-state index contributed by atoms with van der Waals surface area (Å²) < 4.78 is 33.5. The molecular weight excluding hydrogens is 676 g/mol. The first-order valence-electron chi connectivity index (χ1n) is 18.1. The number of rotatable bonds is 14. The van der Waals surface area contributed by atoms with E-state index in [1.807, 2.05) is 82.3 Å². The van der Waals surface area contributed by atoms with Gasteiger partial charge in [-0.2, -0.15) is 0 Å². The number of nitrogens with two attached hydrogens (primary N) is 1. The van der Waals surface area contributed by atoms with Crippen LogP contribution in [0.3, 0.4) is 0 Å². The zero-order chi connectivity index (χ0) is 37.9. The number of ether oxygens (including phenoxy) is 6. The van der Waals surface area contributed by atoms with Crippen molar-refractivity contribution >= 4 is 29.1 Å². The predicted molar refractivity (Wildman–Crippen MR) is 201 cm³/mol. The number of esters is 2. The molecular formula is C42H48N2O9. The standard InChI is InChI=1S/C34H41NO7.C8H7NO2/c1-6-38-32(37)26-18-13-19-27-29(26)31(36)28(22-14-11-16-24(20-22)33(39-7-2)40-8-3)30(35-27)23-15-12-17-25(21-23)34(41-9-4)42-10-5;9-7-3-1-2-5-6(7)4-11-8(5)10/h11-21,28,30,33-35H,6-10H2,1-5H3;1-3H,4,9H2. The molecule has 0 saturated heterocycles. The van der Waals surface area contributed by atoms with Crippen LogP contribution in [-0.2, 0) is 35.0 Å². The molecule has 280 valence electrons. The van der Waals surface area contributed by atoms with E-state index < -0.39 is 30.5 Å². The summed E-state index contributed by atoms with van der Waals surface area (Å²) in [4.78, 5) is 38.4. The van der Waals surface area contributed by atoms with Gasteiger partial charge in [-0.3, -0.25) is 4.79 Å². The number of fused-ring (bicyclic) bond motifs is 2. The third kappa shape index (κ3) is 8.94. The fraction of sp³-hybridized carbons (Fsp3) is 0.357. The van der Waals surface area contributed by atoms with Crippen LogP contribution in [0.15, 0.2) is 84.9 Å². The first-order chi connectivity index (χ1) is 25.8. The highest BCUT2D eigenvalue weighted by atomic mass is 16.7. The molecule has 6 rings (SSSR count). The van der Waals surface area contributed by atoms with Crippen LogP contribution in [-0.4, -0.2) is 50.8 Å². The van der Waals surface area contributed by atoms with Gasteiger partial charge in [-0.1, -0.05) is 48.5 Å². The first kappa shape index (κ1) is 39.1. The number of hydrogen-bond acceptors (Lipinski definition) is 11. The lowest BCUT2D eigenvalue weighted by molar-refractivity contribution is -0.140. The molecule has 0 amide bonds. The summed E-state index contributed by atoms with van der Waals surface area (Å²) in [5, 5.41) is 3.59. The van der Waals surface area contributed by atoms with E-state index in [0.29, 0.717) is 55.5 Å². The van der Waals surface area contributed by atoms with Crippen molar-refractivity contribution in [1.29, 1.82) is 0 Å². The van der Waals surface area contributed by atoms with Crippen molar-refractivity contribution in [1.82, 2.24) is 0 Å². The molecule has 11 nitrogen and oxygen atoms in total. The van der Waals surface area contributed by atoms with Gasteiger partial charge in [0.15, 0.2) is 18.4 Å². The Morgan fingerprint density at radius 2 is 1.32 bits per heavy atom. The zero-order valence-corrected chi connectivity index (χ0v) is 30.9. The quantitative estimate of drug-likeness (QED) is 0.0740. The van der Waals surface area contributed by atoms with Crippen molar-refractivity contribution in [3.05, 3.63) is 129 Å². The van der Waals surface area contributed by atoms with Gasteiger partial charge in [-0.05, 0) is 82.1 Å². The highest BCUT2D eigenvalue weighted by Crippen LogP contribution is 2.44. The van der Waals surface area contributed by atoms with Crippen LogP contribution in [0.1, 0.15) is 118 Å². The van der Waals surface area contributed by atoms with Crippen LogP contribution >= 0.6 is 0 Å². The summed E-state index contributed by atoms with van der Waals surface area (Å²) in [5.41, 5.74) is 12.1.